The second kappa shape index (κ2) is 3.56. The fraction of sp³-hybridized carbons (Fsp3) is 0.500. The summed E-state index contributed by atoms with van der Waals surface area (Å²) in [6.07, 6.45) is -0.0501. The van der Waals surface area contributed by atoms with Crippen LogP contribution in [0.4, 0.5) is 0 Å². The van der Waals surface area contributed by atoms with Gasteiger partial charge in [0, 0.05) is 13.8 Å². The number of carboxylic acid groups (broad SMARTS) is 1. The Hall–Kier alpha value is -1.96. The van der Waals surface area contributed by atoms with E-state index in [1.807, 2.05) is 0 Å². The van der Waals surface area contributed by atoms with E-state index in [1.54, 1.807) is 0 Å². The summed E-state index contributed by atoms with van der Waals surface area (Å²) in [6.45, 7) is 1.88. The molecule has 1 saturated heterocycles. The van der Waals surface area contributed by atoms with Crippen molar-refractivity contribution in [2.45, 2.75) is 25.4 Å². The molecule has 0 saturated carbocycles. The maximum atomic E-state index is 10.8. The van der Waals surface area contributed by atoms with E-state index in [0.717, 1.165) is 13.8 Å². The monoisotopic (exact) mass is 232 g/mol. The Kier molecular flexibility index (Phi) is 2.70. The lowest BCUT2D eigenvalue weighted by atomic mass is 10.2. The van der Waals surface area contributed by atoms with Gasteiger partial charge in [-0.15, -0.1) is 0 Å². The van der Waals surface area contributed by atoms with Crippen molar-refractivity contribution in [1.82, 2.24) is 0 Å². The fourth-order valence-corrected chi connectivity index (χ4v) is 1.15. The van der Waals surface area contributed by atoms with Crippen LogP contribution in [0, 0.1) is 0 Å². The van der Waals surface area contributed by atoms with Gasteiger partial charge in [0.15, 0.2) is 6.29 Å². The number of carboxylic acids is 1. The molecule has 0 aromatic heterocycles. The highest BCUT2D eigenvalue weighted by atomic mass is 16.9. The average molecular weight is 232 g/mol. The number of carbonyl (C=O) groups excluding carboxylic acids is 3. The van der Waals surface area contributed by atoms with Crippen molar-refractivity contribution in [3.8, 4) is 0 Å². The third kappa shape index (κ3) is 1.63. The van der Waals surface area contributed by atoms with Crippen LogP contribution in [0.2, 0.25) is 0 Å². The minimum Gasteiger partial charge on any atom is -0.476 e. The number of hydrogen-bond acceptors (Lipinski definition) is 7. The van der Waals surface area contributed by atoms with Gasteiger partial charge in [-0.3, -0.25) is 19.1 Å². The number of epoxide rings is 1. The van der Waals surface area contributed by atoms with Crippen molar-refractivity contribution < 1.29 is 38.5 Å². The maximum absolute atomic E-state index is 10.8. The molecule has 16 heavy (non-hydrogen) atoms. The Morgan fingerprint density at radius 1 is 1.19 bits per heavy atom. The van der Waals surface area contributed by atoms with Gasteiger partial charge in [0.05, 0.1) is 0 Å². The van der Waals surface area contributed by atoms with Gasteiger partial charge < -0.3 is 14.6 Å². The highest BCUT2D eigenvalue weighted by Gasteiger charge is 2.84. The van der Waals surface area contributed by atoms with E-state index in [-0.39, 0.29) is 6.29 Å². The first kappa shape index (κ1) is 12.1. The van der Waals surface area contributed by atoms with Crippen molar-refractivity contribution in [3.05, 3.63) is 0 Å². The molecule has 0 spiro atoms. The molecule has 2 unspecified atom stereocenters. The number of carbonyl (C=O) groups is 4. The quantitative estimate of drug-likeness (QED) is 0.365. The van der Waals surface area contributed by atoms with Gasteiger partial charge in [-0.05, 0) is 0 Å². The Labute approximate surface area is 89.1 Å². The summed E-state index contributed by atoms with van der Waals surface area (Å²) in [5.74, 6) is -8.64. The number of esters is 2. The van der Waals surface area contributed by atoms with Gasteiger partial charge in [0.1, 0.15) is 0 Å². The van der Waals surface area contributed by atoms with Crippen molar-refractivity contribution in [1.29, 1.82) is 0 Å². The van der Waals surface area contributed by atoms with Crippen LogP contribution in [0.5, 0.6) is 0 Å². The minimum absolute atomic E-state index is 0.0501. The van der Waals surface area contributed by atoms with Gasteiger partial charge in [-0.25, -0.2) is 4.79 Å². The van der Waals surface area contributed by atoms with Crippen LogP contribution in [-0.4, -0.2) is 40.9 Å². The molecule has 8 nitrogen and oxygen atoms in total. The van der Waals surface area contributed by atoms with Crippen molar-refractivity contribution in [2.24, 2.45) is 0 Å². The zero-order chi connectivity index (χ0) is 12.6. The lowest BCUT2D eigenvalue weighted by molar-refractivity contribution is -0.179. The molecule has 1 aliphatic rings. The number of aldehydes is 1. The lowest BCUT2D eigenvalue weighted by Gasteiger charge is -2.10. The number of ether oxygens (including phenoxy) is 3. The first-order valence-electron chi connectivity index (χ1n) is 4.09. The van der Waals surface area contributed by atoms with Crippen LogP contribution in [0.25, 0.3) is 0 Å². The van der Waals surface area contributed by atoms with Crippen molar-refractivity contribution >= 4 is 24.2 Å². The van der Waals surface area contributed by atoms with Crippen LogP contribution in [0.15, 0.2) is 0 Å². The lowest BCUT2D eigenvalue weighted by Crippen LogP contribution is -2.41. The van der Waals surface area contributed by atoms with Crippen LogP contribution in [-0.2, 0) is 33.4 Å². The first-order chi connectivity index (χ1) is 7.29. The summed E-state index contributed by atoms with van der Waals surface area (Å²) in [5.41, 5.74) is 0. The van der Waals surface area contributed by atoms with Crippen LogP contribution in [0.3, 0.4) is 0 Å². The summed E-state index contributed by atoms with van der Waals surface area (Å²) in [4.78, 5) is 42.8. The minimum atomic E-state index is -2.58. The van der Waals surface area contributed by atoms with E-state index in [4.69, 9.17) is 5.11 Å². The SMILES string of the molecule is CC(=O)OC1(C=O)OC1(OC(C)=O)C(=O)O. The van der Waals surface area contributed by atoms with Crippen LogP contribution < -0.4 is 0 Å². The molecule has 1 heterocycles. The number of aliphatic carboxylic acids is 1. The zero-order valence-corrected chi connectivity index (χ0v) is 8.38. The van der Waals surface area contributed by atoms with Gasteiger partial charge in [-0.1, -0.05) is 0 Å². The summed E-state index contributed by atoms with van der Waals surface area (Å²) in [7, 11) is 0. The van der Waals surface area contributed by atoms with Gasteiger partial charge in [0.25, 0.3) is 0 Å². The van der Waals surface area contributed by atoms with Crippen LogP contribution >= 0.6 is 0 Å². The Balaban J connectivity index is 3.00. The van der Waals surface area contributed by atoms with E-state index in [2.05, 4.69) is 14.2 Å². The Morgan fingerprint density at radius 2 is 1.69 bits per heavy atom. The largest absolute Gasteiger partial charge is 0.476 e. The summed E-state index contributed by atoms with van der Waals surface area (Å²) >= 11 is 0. The molecule has 0 aliphatic carbocycles. The van der Waals surface area contributed by atoms with Crippen molar-refractivity contribution in [2.75, 3.05) is 0 Å². The predicted octanol–water partition coefficient (Wildman–Crippen LogP) is -1.18. The van der Waals surface area contributed by atoms with Gasteiger partial charge >= 0.3 is 29.5 Å². The molecular formula is C8H8O8. The molecule has 1 rings (SSSR count). The van der Waals surface area contributed by atoms with E-state index in [9.17, 15) is 19.2 Å². The molecule has 1 fully saturated rings. The molecule has 0 aromatic rings. The third-order valence-corrected chi connectivity index (χ3v) is 1.73. The smallest absolute Gasteiger partial charge is 0.391 e. The highest BCUT2D eigenvalue weighted by Crippen LogP contribution is 2.49. The average Bonchev–Trinajstić information content (AvgIpc) is 2.73. The zero-order valence-electron chi connectivity index (χ0n) is 8.38. The molecule has 0 aromatic carbocycles. The van der Waals surface area contributed by atoms with Gasteiger partial charge in [-0.2, -0.15) is 0 Å². The second-order valence-corrected chi connectivity index (χ2v) is 3.00. The first-order valence-corrected chi connectivity index (χ1v) is 4.09. The molecule has 0 amide bonds. The van der Waals surface area contributed by atoms with E-state index >= 15 is 0 Å². The number of rotatable bonds is 4. The standard InChI is InChI=1S/C8H8O8/c1-4(10)14-7(3-9)8(16-7,6(12)13)15-5(2)11/h3H,1-2H3,(H,12,13). The topological polar surface area (TPSA) is 120 Å². The summed E-state index contributed by atoms with van der Waals surface area (Å²) in [6, 6.07) is 0. The molecule has 8 heteroatoms. The summed E-state index contributed by atoms with van der Waals surface area (Å²) < 4.78 is 13.2. The Morgan fingerprint density at radius 3 is 2.00 bits per heavy atom. The molecule has 0 bridgehead atoms. The molecule has 1 aliphatic heterocycles. The predicted molar refractivity (Wildman–Crippen MR) is 43.8 cm³/mol. The highest BCUT2D eigenvalue weighted by molar-refractivity contribution is 5.92. The van der Waals surface area contributed by atoms with E-state index in [0.29, 0.717) is 0 Å². The molecule has 2 atom stereocenters. The molecule has 1 N–H and O–H groups in total. The van der Waals surface area contributed by atoms with Crippen molar-refractivity contribution in [3.63, 3.8) is 0 Å². The van der Waals surface area contributed by atoms with E-state index in [1.165, 1.54) is 0 Å². The van der Waals surface area contributed by atoms with Gasteiger partial charge in [0.2, 0.25) is 0 Å². The second-order valence-electron chi connectivity index (χ2n) is 3.00. The fourth-order valence-electron chi connectivity index (χ4n) is 1.15. The van der Waals surface area contributed by atoms with Crippen LogP contribution in [0.1, 0.15) is 13.8 Å². The molecule has 88 valence electrons. The third-order valence-electron chi connectivity index (χ3n) is 1.73. The Bertz CT molecular complexity index is 374. The van der Waals surface area contributed by atoms with E-state index < -0.39 is 29.5 Å². The normalized spacial score (nSPS) is 31.4. The molecule has 0 radical (unpaired) electrons. The maximum Gasteiger partial charge on any atom is 0.391 e. The number of hydrogen-bond donors (Lipinski definition) is 1. The summed E-state index contributed by atoms with van der Waals surface area (Å²) in [5, 5.41) is 8.78. The molecular weight excluding hydrogens is 224 g/mol.